The molecule has 10 heavy (non-hydrogen) atoms. The predicted octanol–water partition coefficient (Wildman–Crippen LogP) is 0.252. The molecule has 0 N–H and O–H groups in total. The summed E-state index contributed by atoms with van der Waals surface area (Å²) in [6.07, 6.45) is 3.72. The summed E-state index contributed by atoms with van der Waals surface area (Å²) in [5.74, 6) is 0.115. The van der Waals surface area contributed by atoms with Crippen molar-refractivity contribution in [1.82, 2.24) is 9.80 Å². The highest BCUT2D eigenvalue weighted by atomic mass is 16.2. The molecule has 0 aromatic carbocycles. The van der Waals surface area contributed by atoms with Crippen molar-refractivity contribution in [2.45, 2.75) is 6.92 Å². The number of carbonyl (C=O) groups is 1. The van der Waals surface area contributed by atoms with Crippen LogP contribution in [-0.2, 0) is 4.79 Å². The van der Waals surface area contributed by atoms with Crippen LogP contribution in [0.4, 0.5) is 0 Å². The molecule has 0 saturated heterocycles. The summed E-state index contributed by atoms with van der Waals surface area (Å²) in [5, 5.41) is 0. The number of likely N-dealkylation sites (N-methyl/N-ethyl adjacent to an activating group) is 1. The van der Waals surface area contributed by atoms with E-state index < -0.39 is 0 Å². The fraction of sp³-hybridized carbons (Fsp3) is 0.571. The monoisotopic (exact) mass is 140 g/mol. The average molecular weight is 140 g/mol. The lowest BCUT2D eigenvalue weighted by molar-refractivity contribution is -0.126. The Morgan fingerprint density at radius 3 is 2.50 bits per heavy atom. The van der Waals surface area contributed by atoms with Gasteiger partial charge in [0.25, 0.3) is 0 Å². The highest BCUT2D eigenvalue weighted by molar-refractivity contribution is 5.74. The molecule has 0 radical (unpaired) electrons. The van der Waals surface area contributed by atoms with Gasteiger partial charge in [0.15, 0.2) is 0 Å². The molecule has 3 heteroatoms. The van der Waals surface area contributed by atoms with Crippen LogP contribution in [0.3, 0.4) is 0 Å². The van der Waals surface area contributed by atoms with Crippen LogP contribution in [0.25, 0.3) is 0 Å². The van der Waals surface area contributed by atoms with Gasteiger partial charge in [0, 0.05) is 39.5 Å². The topological polar surface area (TPSA) is 23.6 Å². The third-order valence-corrected chi connectivity index (χ3v) is 1.60. The number of rotatable bonds is 0. The molecule has 1 aliphatic rings. The van der Waals surface area contributed by atoms with E-state index in [9.17, 15) is 4.79 Å². The van der Waals surface area contributed by atoms with E-state index in [1.807, 2.05) is 19.4 Å². The Bertz CT molecular complexity index is 165. The van der Waals surface area contributed by atoms with Crippen LogP contribution in [0.15, 0.2) is 12.4 Å². The molecule has 1 heterocycles. The summed E-state index contributed by atoms with van der Waals surface area (Å²) >= 11 is 0. The lowest BCUT2D eigenvalue weighted by Crippen LogP contribution is -2.35. The van der Waals surface area contributed by atoms with Crippen molar-refractivity contribution in [3.8, 4) is 0 Å². The van der Waals surface area contributed by atoms with Crippen molar-refractivity contribution in [2.24, 2.45) is 0 Å². The molecule has 0 aromatic heterocycles. The number of amides is 1. The van der Waals surface area contributed by atoms with Crippen LogP contribution >= 0.6 is 0 Å². The third-order valence-electron chi connectivity index (χ3n) is 1.60. The smallest absolute Gasteiger partial charge is 0.223 e. The van der Waals surface area contributed by atoms with Crippen molar-refractivity contribution < 1.29 is 4.79 Å². The maximum atomic E-state index is 10.8. The van der Waals surface area contributed by atoms with Crippen molar-refractivity contribution >= 4 is 5.91 Å². The van der Waals surface area contributed by atoms with Gasteiger partial charge in [-0.15, -0.1) is 0 Å². The van der Waals surface area contributed by atoms with Gasteiger partial charge in [0.1, 0.15) is 0 Å². The van der Waals surface area contributed by atoms with E-state index in [1.165, 1.54) is 0 Å². The van der Waals surface area contributed by atoms with Gasteiger partial charge in [-0.2, -0.15) is 0 Å². The Kier molecular flexibility index (Phi) is 1.94. The largest absolute Gasteiger partial charge is 0.377 e. The quantitative estimate of drug-likeness (QED) is 0.481. The summed E-state index contributed by atoms with van der Waals surface area (Å²) in [6, 6.07) is 0. The van der Waals surface area contributed by atoms with Crippen molar-refractivity contribution in [2.75, 3.05) is 20.1 Å². The molecule has 3 nitrogen and oxygen atoms in total. The molecule has 0 saturated carbocycles. The van der Waals surface area contributed by atoms with Crippen molar-refractivity contribution in [3.05, 3.63) is 12.4 Å². The van der Waals surface area contributed by atoms with Crippen molar-refractivity contribution in [3.63, 3.8) is 0 Å². The second-order valence-electron chi connectivity index (χ2n) is 2.49. The van der Waals surface area contributed by atoms with Gasteiger partial charge in [-0.1, -0.05) is 0 Å². The van der Waals surface area contributed by atoms with Gasteiger partial charge in [-0.25, -0.2) is 0 Å². The van der Waals surface area contributed by atoms with Crippen LogP contribution in [0.1, 0.15) is 6.92 Å². The minimum absolute atomic E-state index is 0.115. The molecule has 0 spiro atoms. The normalized spacial score (nSPS) is 17.8. The van der Waals surface area contributed by atoms with Crippen LogP contribution in [0, 0.1) is 0 Å². The Hall–Kier alpha value is -0.990. The van der Waals surface area contributed by atoms with Gasteiger partial charge in [0.2, 0.25) is 5.91 Å². The molecular formula is C7H12N2O. The zero-order valence-electron chi connectivity index (χ0n) is 6.37. The van der Waals surface area contributed by atoms with Crippen LogP contribution in [0.5, 0.6) is 0 Å². The van der Waals surface area contributed by atoms with E-state index in [2.05, 4.69) is 4.90 Å². The number of hydrogen-bond donors (Lipinski definition) is 0. The van der Waals surface area contributed by atoms with E-state index in [0.29, 0.717) is 0 Å². The van der Waals surface area contributed by atoms with E-state index in [0.717, 1.165) is 13.1 Å². The fourth-order valence-electron chi connectivity index (χ4n) is 0.871. The molecule has 0 aromatic rings. The zero-order chi connectivity index (χ0) is 7.56. The minimum atomic E-state index is 0.115. The standard InChI is InChI=1S/C7H12N2O/c1-7(10)9-5-3-8(2)4-6-9/h3,5H,4,6H2,1-2H3. The fourth-order valence-corrected chi connectivity index (χ4v) is 0.871. The summed E-state index contributed by atoms with van der Waals surface area (Å²) in [5.41, 5.74) is 0. The molecule has 0 bridgehead atoms. The van der Waals surface area contributed by atoms with E-state index >= 15 is 0 Å². The lowest BCUT2D eigenvalue weighted by atomic mass is 10.4. The first kappa shape index (κ1) is 7.12. The molecule has 1 aliphatic heterocycles. The van der Waals surface area contributed by atoms with Crippen LogP contribution < -0.4 is 0 Å². The lowest BCUT2D eigenvalue weighted by Gasteiger charge is -2.26. The van der Waals surface area contributed by atoms with Crippen LogP contribution in [-0.4, -0.2) is 35.8 Å². The number of nitrogens with zero attached hydrogens (tertiary/aromatic N) is 2. The van der Waals surface area contributed by atoms with Gasteiger partial charge >= 0.3 is 0 Å². The summed E-state index contributed by atoms with van der Waals surface area (Å²) in [6.45, 7) is 3.31. The first-order chi connectivity index (χ1) is 4.70. The molecule has 0 fully saturated rings. The zero-order valence-corrected chi connectivity index (χ0v) is 6.37. The van der Waals surface area contributed by atoms with Gasteiger partial charge in [-0.3, -0.25) is 4.79 Å². The minimum Gasteiger partial charge on any atom is -0.377 e. The van der Waals surface area contributed by atoms with Gasteiger partial charge < -0.3 is 9.80 Å². The Morgan fingerprint density at radius 1 is 1.40 bits per heavy atom. The summed E-state index contributed by atoms with van der Waals surface area (Å²) in [4.78, 5) is 14.5. The second-order valence-corrected chi connectivity index (χ2v) is 2.49. The maximum Gasteiger partial charge on any atom is 0.223 e. The first-order valence-electron chi connectivity index (χ1n) is 3.36. The first-order valence-corrected chi connectivity index (χ1v) is 3.36. The molecule has 56 valence electrons. The highest BCUT2D eigenvalue weighted by Gasteiger charge is 2.08. The third kappa shape index (κ3) is 1.50. The highest BCUT2D eigenvalue weighted by Crippen LogP contribution is 1.99. The molecule has 1 amide bonds. The Morgan fingerprint density at radius 2 is 2.10 bits per heavy atom. The summed E-state index contributed by atoms with van der Waals surface area (Å²) in [7, 11) is 1.99. The van der Waals surface area contributed by atoms with Gasteiger partial charge in [-0.05, 0) is 0 Å². The van der Waals surface area contributed by atoms with E-state index in [4.69, 9.17) is 0 Å². The SMILES string of the molecule is CC(=O)N1C=CN(C)CC1. The molecule has 0 aliphatic carbocycles. The predicted molar refractivity (Wildman–Crippen MR) is 39.2 cm³/mol. The van der Waals surface area contributed by atoms with Crippen LogP contribution in [0.2, 0.25) is 0 Å². The molecule has 0 atom stereocenters. The van der Waals surface area contributed by atoms with E-state index in [-0.39, 0.29) is 5.91 Å². The summed E-state index contributed by atoms with van der Waals surface area (Å²) < 4.78 is 0. The molecule has 1 rings (SSSR count). The molecule has 0 unspecified atom stereocenters. The van der Waals surface area contributed by atoms with Gasteiger partial charge in [0.05, 0.1) is 0 Å². The second kappa shape index (κ2) is 2.73. The average Bonchev–Trinajstić information content (AvgIpc) is 1.88. The van der Waals surface area contributed by atoms with E-state index in [1.54, 1.807) is 11.8 Å². The molecular weight excluding hydrogens is 128 g/mol. The number of carbonyl (C=O) groups excluding carboxylic acids is 1. The Balaban J connectivity index is 2.53. The maximum absolute atomic E-state index is 10.8. The number of hydrogen-bond acceptors (Lipinski definition) is 2. The Labute approximate surface area is 60.9 Å². The van der Waals surface area contributed by atoms with Crippen molar-refractivity contribution in [1.29, 1.82) is 0 Å².